The number of carboxylic acids is 1. The summed E-state index contributed by atoms with van der Waals surface area (Å²) in [5, 5.41) is 269. The molecule has 103 heavy (non-hydrogen) atoms. The van der Waals surface area contributed by atoms with Crippen LogP contribution in [0.25, 0.3) is 0 Å². The molecule has 0 aromatic heterocycles. The first-order valence-corrected chi connectivity index (χ1v) is 32.6. The number of hydrogen-bond donors (Lipinski definition) is 27. The van der Waals surface area contributed by atoms with E-state index in [-0.39, 0.29) is 0 Å². The fraction of sp³-hybridized carbons (Fsp3) is 0.930. The molecule has 0 aromatic carbocycles. The molecule has 0 spiro atoms. The van der Waals surface area contributed by atoms with E-state index in [1.54, 1.807) is 0 Å². The van der Waals surface area contributed by atoms with Crippen LogP contribution in [0, 0.1) is 0 Å². The largest absolute Gasteiger partial charge is 0.477 e. The number of aliphatic hydroxyl groups excluding tert-OH is 23. The summed E-state index contributed by atoms with van der Waals surface area (Å²) in [5.74, 6) is -7.91. The van der Waals surface area contributed by atoms with Crippen molar-refractivity contribution in [3.05, 3.63) is 0 Å². The minimum Gasteiger partial charge on any atom is -0.477 e. The number of carbonyl (C=O) groups excluding carboxylic acids is 3. The van der Waals surface area contributed by atoms with Crippen LogP contribution in [0.15, 0.2) is 0 Å². The molecule has 46 heteroatoms. The Bertz CT molecular complexity index is 2720. The lowest BCUT2D eigenvalue weighted by Gasteiger charge is -2.51. The Morgan fingerprint density at radius 2 is 0.835 bits per heavy atom. The zero-order valence-corrected chi connectivity index (χ0v) is 55.2. The third kappa shape index (κ3) is 18.6. The van der Waals surface area contributed by atoms with Gasteiger partial charge in [-0.05, 0) is 6.92 Å². The van der Waals surface area contributed by atoms with Crippen LogP contribution in [-0.2, 0) is 90.2 Å². The van der Waals surface area contributed by atoms with Crippen molar-refractivity contribution in [1.29, 1.82) is 0 Å². The zero-order valence-electron chi connectivity index (χ0n) is 55.2. The van der Waals surface area contributed by atoms with Gasteiger partial charge in [0.05, 0.1) is 64.5 Å². The van der Waals surface area contributed by atoms with Crippen LogP contribution in [0.1, 0.15) is 34.1 Å². The smallest absolute Gasteiger partial charge is 0.364 e. The molecule has 0 aliphatic carbocycles. The third-order valence-electron chi connectivity index (χ3n) is 18.8. The Labute approximate surface area is 582 Å². The topological polar surface area (TPSA) is 728 Å². The Hall–Kier alpha value is -3.64. The molecule has 46 nitrogen and oxygen atoms in total. The van der Waals surface area contributed by atoms with Gasteiger partial charge in [-0.1, -0.05) is 0 Å². The molecule has 8 heterocycles. The highest BCUT2D eigenvalue weighted by atomic mass is 16.8. The molecule has 8 saturated heterocycles. The quantitative estimate of drug-likeness (QED) is 0.0363. The molecule has 27 N–H and O–H groups in total. The molecule has 3 amide bonds. The first-order valence-electron chi connectivity index (χ1n) is 32.6. The number of amides is 3. The first-order chi connectivity index (χ1) is 48.5. The lowest BCUT2D eigenvalue weighted by molar-refractivity contribution is -0.387. The molecule has 8 fully saturated rings. The molecule has 41 atom stereocenters. The lowest BCUT2D eigenvalue weighted by Crippen LogP contribution is -2.71. The van der Waals surface area contributed by atoms with Gasteiger partial charge in [0.2, 0.25) is 17.7 Å². The average molecular weight is 1510 g/mol. The van der Waals surface area contributed by atoms with Crippen molar-refractivity contribution >= 4 is 23.7 Å². The standard InChI is InChI=1S/C57H95N3O43/c1-13-28(71)34(77)39(82)52(91-13)101-47-27(60-16(4)68)50(95-22(10-65)44(47)99-53-40(83)35(78)30(73)19(7-62)94-53)89-11-23-33(76)48(42(85)55(96-23)98-43-21(9-64)92-49(86)38(81)37(43)80)102-51-26(59-15(3)67)45(32(75)20(8-63)93-51)100-54-41(84)36(79)31(74)24(97-54)12-90-57(56(87)88)5-17(69)25(58-14(2)66)46(103-57)29(72)18(70)6-61/h13,17-55,61-65,69-86H,5-12H2,1-4H3,(H,58,66)(H,59,67)(H,60,68)(H,87,88)/t13-,17-,18+,19+,20+,21+,22+,23+,24+,25+,26+,27+,28+,29+,30-,31-,32+,33-,34+,35-,36-,37+,38+,39-,40+,41+,42+,43+,44+,45+,46+,47+,48-,49?,50+,51-,52-,53-,54-,55-,57+/m0/s1. The highest BCUT2D eigenvalue weighted by molar-refractivity contribution is 5.77. The molecular weight excluding hydrogens is 1410 g/mol. The number of hydrogen-bond acceptors (Lipinski definition) is 42. The summed E-state index contributed by atoms with van der Waals surface area (Å²) in [6.45, 7) is -3.79. The van der Waals surface area contributed by atoms with Crippen molar-refractivity contribution in [3.63, 3.8) is 0 Å². The summed E-state index contributed by atoms with van der Waals surface area (Å²) >= 11 is 0. The molecule has 0 radical (unpaired) electrons. The minimum absolute atomic E-state index is 0.834. The van der Waals surface area contributed by atoms with E-state index >= 15 is 0 Å². The van der Waals surface area contributed by atoms with Gasteiger partial charge in [0, 0.05) is 27.2 Å². The molecule has 0 aromatic rings. The number of carboxylic acid groups (broad SMARTS) is 1. The predicted molar refractivity (Wildman–Crippen MR) is 315 cm³/mol. The highest BCUT2D eigenvalue weighted by Gasteiger charge is 2.61. The van der Waals surface area contributed by atoms with E-state index in [4.69, 9.17) is 71.1 Å². The van der Waals surface area contributed by atoms with E-state index in [9.17, 15) is 142 Å². The van der Waals surface area contributed by atoms with Crippen LogP contribution in [-0.4, -0.2) is 444 Å². The van der Waals surface area contributed by atoms with Gasteiger partial charge in [0.1, 0.15) is 183 Å². The van der Waals surface area contributed by atoms with E-state index in [2.05, 4.69) is 16.0 Å². The van der Waals surface area contributed by atoms with E-state index < -0.39 is 327 Å². The Morgan fingerprint density at radius 3 is 1.38 bits per heavy atom. The number of nitrogens with one attached hydrogen (secondary N) is 3. The average Bonchev–Trinajstić information content (AvgIpc) is 0.782. The summed E-state index contributed by atoms with van der Waals surface area (Å²) in [6, 6.07) is -5.58. The van der Waals surface area contributed by atoms with Crippen LogP contribution >= 0.6 is 0 Å². The number of aliphatic hydroxyl groups is 23. The summed E-state index contributed by atoms with van der Waals surface area (Å²) in [6.07, 6.45) is -78.1. The maximum Gasteiger partial charge on any atom is 0.364 e. The van der Waals surface area contributed by atoms with Crippen LogP contribution < -0.4 is 16.0 Å². The second-order valence-electron chi connectivity index (χ2n) is 26.1. The summed E-state index contributed by atoms with van der Waals surface area (Å²) in [4.78, 5) is 51.6. The van der Waals surface area contributed by atoms with Crippen molar-refractivity contribution in [2.75, 3.05) is 46.2 Å². The maximum absolute atomic E-state index is 13.2. The SMILES string of the molecule is CC(=O)N[C@H]1[C@H](OC[C@H]2O[C@@H](O[C@H]3[C@H](O)[C@@H](O)C(O)O[C@@H]3CO)[C@H](O)[C@@H](O[C@@H]3O[C@H](CO)[C@@H](O)[C@H](O[C@@H]4O[C@H](CO[C@]5(C(=O)O)C[C@H](O)[C@@H](NC(C)=O)[C@H]([C@H](O)[C@H](O)CO)O5)[C@H](O)[C@H](O)[C@H]4O)[C@H]3NC(C)=O)[C@H]2O)O[C@H](CO)[C@@H](O[C@@H]2O[C@H](CO)[C@H](O)[C@H](O)[C@H]2O)[C@@H]1O[C@@H]1O[C@@H](C)[C@@H](O)[C@@H](O)[C@@H]1O. The fourth-order valence-corrected chi connectivity index (χ4v) is 13.1. The van der Waals surface area contributed by atoms with Crippen LogP contribution in [0.4, 0.5) is 0 Å². The Morgan fingerprint density at radius 1 is 0.417 bits per heavy atom. The Balaban J connectivity index is 1.11. The molecule has 0 saturated carbocycles. The van der Waals surface area contributed by atoms with Gasteiger partial charge in [-0.25, -0.2) is 4.79 Å². The number of rotatable bonds is 27. The molecule has 8 aliphatic heterocycles. The summed E-state index contributed by atoms with van der Waals surface area (Å²) in [7, 11) is 0. The van der Waals surface area contributed by atoms with E-state index in [0.717, 1.165) is 20.8 Å². The van der Waals surface area contributed by atoms with Crippen molar-refractivity contribution in [1.82, 2.24) is 16.0 Å². The van der Waals surface area contributed by atoms with Crippen LogP contribution in [0.2, 0.25) is 0 Å². The van der Waals surface area contributed by atoms with Crippen molar-refractivity contribution < 1.29 is 213 Å². The Kier molecular flexibility index (Phi) is 29.9. The maximum atomic E-state index is 13.2. The van der Waals surface area contributed by atoms with Crippen LogP contribution in [0.5, 0.6) is 0 Å². The highest BCUT2D eigenvalue weighted by Crippen LogP contribution is 2.40. The number of ether oxygens (including phenoxy) is 15. The van der Waals surface area contributed by atoms with Gasteiger partial charge in [0.25, 0.3) is 5.79 Å². The van der Waals surface area contributed by atoms with Crippen LogP contribution in [0.3, 0.4) is 0 Å². The van der Waals surface area contributed by atoms with Gasteiger partial charge >= 0.3 is 5.97 Å². The van der Waals surface area contributed by atoms with E-state index in [0.29, 0.717) is 0 Å². The molecular formula is C57H95N3O43. The van der Waals surface area contributed by atoms with Gasteiger partial charge in [-0.15, -0.1) is 0 Å². The summed E-state index contributed by atoms with van der Waals surface area (Å²) in [5.41, 5.74) is 0. The third-order valence-corrected chi connectivity index (χ3v) is 18.8. The molecule has 8 rings (SSSR count). The predicted octanol–water partition coefficient (Wildman–Crippen LogP) is -17.8. The number of aliphatic carboxylic acids is 1. The van der Waals surface area contributed by atoms with Crippen molar-refractivity contribution in [3.8, 4) is 0 Å². The molecule has 1 unspecified atom stereocenters. The number of carbonyl (C=O) groups is 4. The van der Waals surface area contributed by atoms with Gasteiger partial charge in [-0.2, -0.15) is 0 Å². The second kappa shape index (κ2) is 36.3. The second-order valence-corrected chi connectivity index (χ2v) is 26.1. The molecule has 596 valence electrons. The molecule has 0 bridgehead atoms. The van der Waals surface area contributed by atoms with Gasteiger partial charge < -0.3 is 210 Å². The van der Waals surface area contributed by atoms with E-state index in [1.807, 2.05) is 0 Å². The monoisotopic (exact) mass is 1510 g/mol. The first kappa shape index (κ1) is 85.0. The molecule has 8 aliphatic rings. The van der Waals surface area contributed by atoms with Gasteiger partial charge in [-0.3, -0.25) is 14.4 Å². The van der Waals surface area contributed by atoms with E-state index in [1.165, 1.54) is 6.92 Å². The summed E-state index contributed by atoms with van der Waals surface area (Å²) < 4.78 is 88.1. The minimum atomic E-state index is -3.08. The zero-order chi connectivity index (χ0) is 76.3. The van der Waals surface area contributed by atoms with Crippen molar-refractivity contribution in [2.24, 2.45) is 0 Å². The normalized spacial score (nSPS) is 48.3. The fourth-order valence-electron chi connectivity index (χ4n) is 13.1. The van der Waals surface area contributed by atoms with Crippen molar-refractivity contribution in [2.45, 2.75) is 285 Å². The van der Waals surface area contributed by atoms with Gasteiger partial charge in [0.15, 0.2) is 44.0 Å². The lowest BCUT2D eigenvalue weighted by atomic mass is 9.88.